The maximum Gasteiger partial charge on any atom is 0.147 e. The van der Waals surface area contributed by atoms with E-state index in [1.807, 2.05) is 0 Å². The summed E-state index contributed by atoms with van der Waals surface area (Å²) >= 11 is 6.19. The molecule has 0 aromatic carbocycles. The van der Waals surface area contributed by atoms with Gasteiger partial charge in [-0.2, -0.15) is 0 Å². The van der Waals surface area contributed by atoms with Crippen LogP contribution in [0.2, 0.25) is 5.02 Å². The van der Waals surface area contributed by atoms with E-state index in [9.17, 15) is 0 Å². The average molecular weight is 269 g/mol. The topological polar surface area (TPSA) is 45.4 Å². The Morgan fingerprint density at radius 2 is 2.06 bits per heavy atom. The number of nitrogen functional groups attached to an aromatic ring is 1. The van der Waals surface area contributed by atoms with Gasteiger partial charge in [-0.05, 0) is 19.4 Å². The Hall–Kier alpha value is -1.00. The van der Waals surface area contributed by atoms with Crippen molar-refractivity contribution < 1.29 is 0 Å². The lowest BCUT2D eigenvalue weighted by molar-refractivity contribution is 0.192. The average Bonchev–Trinajstić information content (AvgIpc) is 2.38. The lowest BCUT2D eigenvalue weighted by Crippen LogP contribution is -2.49. The number of nitrogens with two attached hydrogens (primary N) is 1. The summed E-state index contributed by atoms with van der Waals surface area (Å²) in [5.41, 5.74) is 6.28. The maximum atomic E-state index is 6.19. The fourth-order valence-corrected chi connectivity index (χ4v) is 2.61. The highest BCUT2D eigenvalue weighted by molar-refractivity contribution is 6.33. The Kier molecular flexibility index (Phi) is 4.30. The first-order chi connectivity index (χ1) is 8.61. The molecular formula is C13H21ClN4. The van der Waals surface area contributed by atoms with E-state index in [-0.39, 0.29) is 0 Å². The molecule has 1 saturated heterocycles. The van der Waals surface area contributed by atoms with Gasteiger partial charge in [0, 0.05) is 32.2 Å². The van der Waals surface area contributed by atoms with Gasteiger partial charge in [-0.15, -0.1) is 0 Å². The van der Waals surface area contributed by atoms with Crippen LogP contribution in [0.4, 0.5) is 11.5 Å². The Balaban J connectivity index is 2.01. The minimum absolute atomic E-state index is 0.613. The van der Waals surface area contributed by atoms with E-state index in [2.05, 4.69) is 28.6 Å². The third-order valence-corrected chi connectivity index (χ3v) is 3.95. The highest BCUT2D eigenvalue weighted by Crippen LogP contribution is 2.26. The number of nitrogens with zero attached hydrogens (tertiary/aromatic N) is 3. The molecule has 2 N–H and O–H groups in total. The molecule has 2 heterocycles. The summed E-state index contributed by atoms with van der Waals surface area (Å²) in [6.07, 6.45) is 2.86. The van der Waals surface area contributed by atoms with Gasteiger partial charge in [0.2, 0.25) is 0 Å². The molecule has 0 spiro atoms. The van der Waals surface area contributed by atoms with E-state index in [0.717, 1.165) is 32.0 Å². The number of anilines is 2. The molecule has 1 atom stereocenters. The van der Waals surface area contributed by atoms with Crippen molar-refractivity contribution in [2.24, 2.45) is 0 Å². The molecule has 1 aliphatic rings. The highest BCUT2D eigenvalue weighted by Gasteiger charge is 2.22. The van der Waals surface area contributed by atoms with Crippen LogP contribution < -0.4 is 10.6 Å². The number of hydrogen-bond donors (Lipinski definition) is 1. The molecule has 2 rings (SSSR count). The molecule has 1 aromatic rings. The van der Waals surface area contributed by atoms with Crippen LogP contribution in [-0.4, -0.2) is 42.1 Å². The summed E-state index contributed by atoms with van der Waals surface area (Å²) < 4.78 is 0. The van der Waals surface area contributed by atoms with Gasteiger partial charge < -0.3 is 10.6 Å². The van der Waals surface area contributed by atoms with E-state index in [1.165, 1.54) is 6.42 Å². The molecule has 1 aromatic heterocycles. The SMILES string of the molecule is CCC(C)N1CCN(c2ncc(N)cc2Cl)CC1. The van der Waals surface area contributed by atoms with Crippen molar-refractivity contribution in [3.05, 3.63) is 17.3 Å². The van der Waals surface area contributed by atoms with Crippen LogP contribution in [0.5, 0.6) is 0 Å². The molecule has 4 nitrogen and oxygen atoms in total. The summed E-state index contributed by atoms with van der Waals surface area (Å²) in [5, 5.41) is 0.645. The van der Waals surface area contributed by atoms with E-state index in [1.54, 1.807) is 12.3 Å². The van der Waals surface area contributed by atoms with Crippen molar-refractivity contribution >= 4 is 23.1 Å². The van der Waals surface area contributed by atoms with Crippen molar-refractivity contribution in [1.29, 1.82) is 0 Å². The minimum Gasteiger partial charge on any atom is -0.397 e. The molecule has 0 bridgehead atoms. The van der Waals surface area contributed by atoms with Gasteiger partial charge in [0.1, 0.15) is 5.82 Å². The summed E-state index contributed by atoms with van der Waals surface area (Å²) in [4.78, 5) is 9.09. The van der Waals surface area contributed by atoms with Gasteiger partial charge >= 0.3 is 0 Å². The zero-order valence-corrected chi connectivity index (χ0v) is 11.8. The fraction of sp³-hybridized carbons (Fsp3) is 0.615. The van der Waals surface area contributed by atoms with Crippen LogP contribution >= 0.6 is 11.6 Å². The van der Waals surface area contributed by atoms with E-state index >= 15 is 0 Å². The molecule has 1 aliphatic heterocycles. The molecule has 1 fully saturated rings. The van der Waals surface area contributed by atoms with E-state index < -0.39 is 0 Å². The molecular weight excluding hydrogens is 248 g/mol. The van der Waals surface area contributed by atoms with Crippen molar-refractivity contribution in [1.82, 2.24) is 9.88 Å². The third-order valence-electron chi connectivity index (χ3n) is 3.67. The number of aromatic nitrogens is 1. The first-order valence-electron chi connectivity index (χ1n) is 6.51. The number of piperazine rings is 1. The van der Waals surface area contributed by atoms with E-state index in [4.69, 9.17) is 17.3 Å². The second-order valence-corrected chi connectivity index (χ2v) is 5.26. The van der Waals surface area contributed by atoms with Crippen molar-refractivity contribution in [2.45, 2.75) is 26.3 Å². The number of hydrogen-bond acceptors (Lipinski definition) is 4. The number of rotatable bonds is 3. The van der Waals surface area contributed by atoms with Crippen LogP contribution in [0.3, 0.4) is 0 Å². The molecule has 0 amide bonds. The van der Waals surface area contributed by atoms with Crippen molar-refractivity contribution in [3.8, 4) is 0 Å². The lowest BCUT2D eigenvalue weighted by atomic mass is 10.2. The molecule has 18 heavy (non-hydrogen) atoms. The summed E-state index contributed by atoms with van der Waals surface area (Å²) in [7, 11) is 0. The zero-order valence-electron chi connectivity index (χ0n) is 11.1. The molecule has 0 aliphatic carbocycles. The standard InChI is InChI=1S/C13H21ClN4/c1-3-10(2)17-4-6-18(7-5-17)13-12(14)8-11(15)9-16-13/h8-10H,3-7,15H2,1-2H3. The van der Waals surface area contributed by atoms with Gasteiger partial charge in [-0.3, -0.25) is 4.90 Å². The first-order valence-corrected chi connectivity index (χ1v) is 6.89. The van der Waals surface area contributed by atoms with Crippen LogP contribution in [-0.2, 0) is 0 Å². The monoisotopic (exact) mass is 268 g/mol. The Morgan fingerprint density at radius 1 is 1.39 bits per heavy atom. The number of pyridine rings is 1. The Morgan fingerprint density at radius 3 is 2.61 bits per heavy atom. The van der Waals surface area contributed by atoms with Crippen molar-refractivity contribution in [2.75, 3.05) is 36.8 Å². The van der Waals surface area contributed by atoms with Crippen molar-refractivity contribution in [3.63, 3.8) is 0 Å². The van der Waals surface area contributed by atoms with Crippen LogP contribution in [0, 0.1) is 0 Å². The molecule has 0 saturated carbocycles. The normalized spacial score (nSPS) is 18.9. The van der Waals surface area contributed by atoms with Crippen LogP contribution in [0.15, 0.2) is 12.3 Å². The predicted octanol–water partition coefficient (Wildman–Crippen LogP) is 2.24. The fourth-order valence-electron chi connectivity index (χ4n) is 2.31. The summed E-state index contributed by atoms with van der Waals surface area (Å²) in [6, 6.07) is 2.42. The highest BCUT2D eigenvalue weighted by atomic mass is 35.5. The molecule has 1 unspecified atom stereocenters. The molecule has 5 heteroatoms. The van der Waals surface area contributed by atoms with Gasteiger partial charge in [0.15, 0.2) is 0 Å². The zero-order chi connectivity index (χ0) is 13.1. The van der Waals surface area contributed by atoms with Crippen LogP contribution in [0.1, 0.15) is 20.3 Å². The largest absolute Gasteiger partial charge is 0.397 e. The Labute approximate surface area is 114 Å². The van der Waals surface area contributed by atoms with Gasteiger partial charge in [0.25, 0.3) is 0 Å². The van der Waals surface area contributed by atoms with E-state index in [0.29, 0.717) is 16.8 Å². The third kappa shape index (κ3) is 2.87. The maximum absolute atomic E-state index is 6.19. The smallest absolute Gasteiger partial charge is 0.147 e. The second kappa shape index (κ2) is 5.76. The lowest BCUT2D eigenvalue weighted by Gasteiger charge is -2.38. The molecule has 100 valence electrons. The van der Waals surface area contributed by atoms with Gasteiger partial charge in [-0.1, -0.05) is 18.5 Å². The van der Waals surface area contributed by atoms with Crippen LogP contribution in [0.25, 0.3) is 0 Å². The minimum atomic E-state index is 0.613. The Bertz CT molecular complexity index is 402. The van der Waals surface area contributed by atoms with Gasteiger partial charge in [0.05, 0.1) is 16.9 Å². The molecule has 0 radical (unpaired) electrons. The quantitative estimate of drug-likeness (QED) is 0.913. The summed E-state index contributed by atoms with van der Waals surface area (Å²) in [6.45, 7) is 8.59. The predicted molar refractivity (Wildman–Crippen MR) is 77.2 cm³/mol. The summed E-state index contributed by atoms with van der Waals surface area (Å²) in [5.74, 6) is 0.856. The van der Waals surface area contributed by atoms with Gasteiger partial charge in [-0.25, -0.2) is 4.98 Å². The second-order valence-electron chi connectivity index (χ2n) is 4.85. The first kappa shape index (κ1) is 13.4. The number of halogens is 1.